The van der Waals surface area contributed by atoms with Gasteiger partial charge in [-0.1, -0.05) is 30.3 Å². The van der Waals surface area contributed by atoms with Crippen LogP contribution < -0.4 is 5.32 Å². The van der Waals surface area contributed by atoms with Crippen LogP contribution in [0.4, 0.5) is 15.7 Å². The number of anilines is 1. The third-order valence-electron chi connectivity index (χ3n) is 2.37. The molecule has 0 spiro atoms. The summed E-state index contributed by atoms with van der Waals surface area (Å²) in [6.45, 7) is 0.374. The fourth-order valence-corrected chi connectivity index (χ4v) is 2.34. The summed E-state index contributed by atoms with van der Waals surface area (Å²) in [5, 5.41) is 24.3. The average molecular weight is 279 g/mol. The number of nitrogens with one attached hydrogen (secondary N) is 1. The van der Waals surface area contributed by atoms with Gasteiger partial charge >= 0.3 is 10.7 Å². The summed E-state index contributed by atoms with van der Waals surface area (Å²) >= 11 is 0.763. The van der Waals surface area contributed by atoms with Crippen molar-refractivity contribution in [3.05, 3.63) is 62.2 Å². The van der Waals surface area contributed by atoms with E-state index in [0.717, 1.165) is 23.0 Å². The molecule has 98 valence electrons. The van der Waals surface area contributed by atoms with E-state index in [2.05, 4.69) is 5.32 Å². The molecule has 1 aromatic carbocycles. The number of benzene rings is 1. The highest BCUT2D eigenvalue weighted by atomic mass is 32.1. The van der Waals surface area contributed by atoms with Crippen molar-refractivity contribution < 1.29 is 9.85 Å². The number of nitro groups is 2. The quantitative estimate of drug-likeness (QED) is 0.669. The van der Waals surface area contributed by atoms with Crippen LogP contribution in [0.2, 0.25) is 0 Å². The van der Waals surface area contributed by atoms with E-state index in [9.17, 15) is 20.2 Å². The van der Waals surface area contributed by atoms with Gasteiger partial charge in [-0.15, -0.1) is 0 Å². The van der Waals surface area contributed by atoms with Crippen LogP contribution in [0.15, 0.2) is 36.4 Å². The zero-order valence-electron chi connectivity index (χ0n) is 9.61. The molecule has 0 radical (unpaired) electrons. The molecular weight excluding hydrogens is 270 g/mol. The van der Waals surface area contributed by atoms with Crippen molar-refractivity contribution in [3.63, 3.8) is 0 Å². The lowest BCUT2D eigenvalue weighted by Gasteiger charge is -2.02. The van der Waals surface area contributed by atoms with E-state index in [1.807, 2.05) is 30.3 Å². The third-order valence-corrected chi connectivity index (χ3v) is 3.41. The first-order chi connectivity index (χ1) is 9.08. The molecule has 2 rings (SSSR count). The maximum absolute atomic E-state index is 10.8. The third kappa shape index (κ3) is 3.05. The van der Waals surface area contributed by atoms with Crippen LogP contribution in [0.25, 0.3) is 0 Å². The minimum atomic E-state index is -0.634. The summed E-state index contributed by atoms with van der Waals surface area (Å²) < 4.78 is 0. The molecule has 8 heteroatoms. The van der Waals surface area contributed by atoms with Gasteiger partial charge < -0.3 is 5.32 Å². The van der Waals surface area contributed by atoms with Gasteiger partial charge in [0.1, 0.15) is 6.07 Å². The summed E-state index contributed by atoms with van der Waals surface area (Å²) in [5.74, 6) is 0. The van der Waals surface area contributed by atoms with Gasteiger partial charge in [-0.25, -0.2) is 0 Å². The Morgan fingerprint density at radius 2 is 1.79 bits per heavy atom. The molecule has 1 aromatic heterocycles. The molecule has 19 heavy (non-hydrogen) atoms. The molecule has 0 unspecified atom stereocenters. The van der Waals surface area contributed by atoms with Crippen molar-refractivity contribution in [1.82, 2.24) is 0 Å². The van der Waals surface area contributed by atoms with Gasteiger partial charge in [0.15, 0.2) is 5.00 Å². The zero-order chi connectivity index (χ0) is 13.8. The molecule has 0 aliphatic heterocycles. The first-order valence-electron chi connectivity index (χ1n) is 5.28. The monoisotopic (exact) mass is 279 g/mol. The van der Waals surface area contributed by atoms with E-state index in [1.54, 1.807) is 0 Å². The number of nitrogens with zero attached hydrogens (tertiary/aromatic N) is 2. The minimum absolute atomic E-state index is 0.195. The Kier molecular flexibility index (Phi) is 3.71. The van der Waals surface area contributed by atoms with Crippen LogP contribution in [0, 0.1) is 20.2 Å². The molecule has 0 atom stereocenters. The highest BCUT2D eigenvalue weighted by Gasteiger charge is 2.24. The topological polar surface area (TPSA) is 98.3 Å². The Labute approximate surface area is 111 Å². The predicted molar refractivity (Wildman–Crippen MR) is 71.4 cm³/mol. The van der Waals surface area contributed by atoms with E-state index in [4.69, 9.17) is 0 Å². The average Bonchev–Trinajstić information content (AvgIpc) is 2.82. The SMILES string of the molecule is O=[N+]([O-])c1cc([N+](=O)[O-])c(NCc2ccccc2)s1. The molecular formula is C11H9N3O4S. The summed E-state index contributed by atoms with van der Waals surface area (Å²) in [6, 6.07) is 10.3. The van der Waals surface area contributed by atoms with Crippen molar-refractivity contribution in [1.29, 1.82) is 0 Å². The smallest absolute Gasteiger partial charge is 0.333 e. The normalized spacial score (nSPS) is 10.1. The number of thiophene rings is 1. The molecule has 0 saturated heterocycles. The second-order valence-electron chi connectivity index (χ2n) is 3.65. The lowest BCUT2D eigenvalue weighted by Crippen LogP contribution is -1.99. The second-order valence-corrected chi connectivity index (χ2v) is 4.68. The number of rotatable bonds is 5. The second kappa shape index (κ2) is 5.44. The van der Waals surface area contributed by atoms with Gasteiger partial charge in [0.05, 0.1) is 9.85 Å². The molecule has 0 aliphatic rings. The highest BCUT2D eigenvalue weighted by Crippen LogP contribution is 2.39. The van der Waals surface area contributed by atoms with Gasteiger partial charge in [-0.3, -0.25) is 20.2 Å². The molecule has 0 saturated carbocycles. The molecule has 0 bridgehead atoms. The van der Waals surface area contributed by atoms with E-state index < -0.39 is 9.85 Å². The first kappa shape index (κ1) is 13.0. The maximum Gasteiger partial charge on any atom is 0.333 e. The van der Waals surface area contributed by atoms with Gasteiger partial charge in [0, 0.05) is 6.54 Å². The highest BCUT2D eigenvalue weighted by molar-refractivity contribution is 7.19. The van der Waals surface area contributed by atoms with Gasteiger partial charge in [-0.2, -0.15) is 0 Å². The zero-order valence-corrected chi connectivity index (χ0v) is 10.4. The van der Waals surface area contributed by atoms with Crippen LogP contribution >= 0.6 is 11.3 Å². The van der Waals surface area contributed by atoms with Crippen molar-refractivity contribution in [3.8, 4) is 0 Å². The molecule has 0 aliphatic carbocycles. The summed E-state index contributed by atoms with van der Waals surface area (Å²) in [5.41, 5.74) is 0.667. The van der Waals surface area contributed by atoms with Gasteiger partial charge in [-0.05, 0) is 16.9 Å². The van der Waals surface area contributed by atoms with E-state index in [-0.39, 0.29) is 15.7 Å². The molecule has 1 heterocycles. The summed E-state index contributed by atoms with van der Waals surface area (Å²) in [6.07, 6.45) is 0. The fourth-order valence-electron chi connectivity index (χ4n) is 1.50. The fraction of sp³-hybridized carbons (Fsp3) is 0.0909. The van der Waals surface area contributed by atoms with Crippen LogP contribution in [0.1, 0.15) is 5.56 Å². The first-order valence-corrected chi connectivity index (χ1v) is 6.10. The van der Waals surface area contributed by atoms with Gasteiger partial charge in [0.25, 0.3) is 0 Å². The molecule has 0 amide bonds. The van der Waals surface area contributed by atoms with Crippen molar-refractivity contribution in [2.75, 3.05) is 5.32 Å². The van der Waals surface area contributed by atoms with Crippen molar-refractivity contribution in [2.24, 2.45) is 0 Å². The van der Waals surface area contributed by atoms with E-state index in [1.165, 1.54) is 0 Å². The molecule has 2 aromatic rings. The lowest BCUT2D eigenvalue weighted by molar-refractivity contribution is -0.389. The van der Waals surface area contributed by atoms with E-state index in [0.29, 0.717) is 6.54 Å². The van der Waals surface area contributed by atoms with Crippen molar-refractivity contribution in [2.45, 2.75) is 6.54 Å². The summed E-state index contributed by atoms with van der Waals surface area (Å²) in [7, 11) is 0. The van der Waals surface area contributed by atoms with Crippen LogP contribution in [0.5, 0.6) is 0 Å². The molecule has 7 nitrogen and oxygen atoms in total. The number of hydrogen-bond acceptors (Lipinski definition) is 6. The minimum Gasteiger partial charge on any atom is -0.367 e. The Morgan fingerprint density at radius 1 is 1.11 bits per heavy atom. The Bertz CT molecular complexity index is 612. The molecule has 0 fully saturated rings. The molecule has 1 N–H and O–H groups in total. The predicted octanol–water partition coefficient (Wildman–Crippen LogP) is 3.18. The van der Waals surface area contributed by atoms with Crippen LogP contribution in [-0.2, 0) is 6.54 Å². The Balaban J connectivity index is 2.19. The summed E-state index contributed by atoms with van der Waals surface area (Å²) in [4.78, 5) is 20.2. The van der Waals surface area contributed by atoms with Crippen LogP contribution in [-0.4, -0.2) is 9.85 Å². The maximum atomic E-state index is 10.8. The Hall–Kier alpha value is -2.48. The number of hydrogen-bond donors (Lipinski definition) is 1. The lowest BCUT2D eigenvalue weighted by atomic mass is 10.2. The standard InChI is InChI=1S/C11H9N3O4S/c15-13(16)9-6-10(14(17)18)19-11(9)12-7-8-4-2-1-3-5-8/h1-6,12H,7H2. The van der Waals surface area contributed by atoms with E-state index >= 15 is 0 Å². The van der Waals surface area contributed by atoms with Crippen molar-refractivity contribution >= 4 is 27.0 Å². The largest absolute Gasteiger partial charge is 0.367 e. The van der Waals surface area contributed by atoms with Gasteiger partial charge in [0.2, 0.25) is 0 Å². The Morgan fingerprint density at radius 3 is 2.37 bits per heavy atom. The van der Waals surface area contributed by atoms with Crippen LogP contribution in [0.3, 0.4) is 0 Å².